The number of fused-ring (bicyclic) bond motifs is 4. The van der Waals surface area contributed by atoms with Crippen molar-refractivity contribution < 1.29 is 0 Å². The SMILES string of the molecule is CC(C)c1ccc(-c2cc3c4c(c2)N(c2c(-c5ccccc5)cc(C(C)(C)C)cc2-c2ccccc2)c2cc(-c5cc(C(C)(C)C)cc(C(C)(C)C)c5)ccc2B4c2ccc(-c4ccccc4)cc2N3c2c(-c3ccccc3)cc(C(C)(C)C)cc2-c2ccccc2)c(C(C)C)c1. The largest absolute Gasteiger partial charge is 0.310 e. The summed E-state index contributed by atoms with van der Waals surface area (Å²) >= 11 is 0. The van der Waals surface area contributed by atoms with E-state index in [2.05, 4.69) is 381 Å². The fourth-order valence-corrected chi connectivity index (χ4v) is 14.9. The number of rotatable bonds is 11. The van der Waals surface area contributed by atoms with E-state index >= 15 is 0 Å². The van der Waals surface area contributed by atoms with E-state index in [4.69, 9.17) is 0 Å². The summed E-state index contributed by atoms with van der Waals surface area (Å²) in [7, 11) is 0. The van der Waals surface area contributed by atoms with Gasteiger partial charge >= 0.3 is 0 Å². The Kier molecular flexibility index (Phi) is 16.5. The minimum atomic E-state index is -0.197. The average Bonchev–Trinajstić information content (AvgIpc) is 0.687. The molecule has 0 N–H and O–H groups in total. The highest BCUT2D eigenvalue weighted by atomic mass is 15.2. The Balaban J connectivity index is 1.22. The average molecular weight is 1260 g/mol. The minimum absolute atomic E-state index is 0.0850. The van der Waals surface area contributed by atoms with Crippen molar-refractivity contribution in [2.75, 3.05) is 9.80 Å². The van der Waals surface area contributed by atoms with Crippen LogP contribution < -0.4 is 26.2 Å². The van der Waals surface area contributed by atoms with Gasteiger partial charge in [0.1, 0.15) is 0 Å². The second kappa shape index (κ2) is 24.7. The van der Waals surface area contributed by atoms with Gasteiger partial charge in [0.05, 0.1) is 11.4 Å². The third-order valence-corrected chi connectivity index (χ3v) is 20.6. The van der Waals surface area contributed by atoms with Crippen LogP contribution in [0.15, 0.2) is 261 Å². The van der Waals surface area contributed by atoms with Crippen LogP contribution in [0.1, 0.15) is 156 Å². The van der Waals surface area contributed by atoms with Gasteiger partial charge in [-0.3, -0.25) is 0 Å². The van der Waals surface area contributed by atoms with Crippen LogP contribution in [0.5, 0.6) is 0 Å². The fraction of sp³-hybridized carbons (Fsp3) is 0.234. The normalized spacial score (nSPS) is 13.1. The first-order valence-corrected chi connectivity index (χ1v) is 35.3. The predicted molar refractivity (Wildman–Crippen MR) is 421 cm³/mol. The van der Waals surface area contributed by atoms with Crippen molar-refractivity contribution >= 4 is 57.2 Å². The molecule has 2 nitrogen and oxygen atoms in total. The number of benzene rings is 12. The zero-order valence-electron chi connectivity index (χ0n) is 60.0. The molecule has 0 fully saturated rings. The summed E-state index contributed by atoms with van der Waals surface area (Å²) in [6.07, 6.45) is 0. The molecule has 0 saturated heterocycles. The molecule has 0 unspecified atom stereocenters. The van der Waals surface area contributed by atoms with Crippen molar-refractivity contribution in [1.82, 2.24) is 0 Å². The van der Waals surface area contributed by atoms with Gasteiger partial charge in [-0.05, 0) is 187 Å². The number of hydrogen-bond acceptors (Lipinski definition) is 2. The molecule has 0 saturated carbocycles. The van der Waals surface area contributed by atoms with E-state index < -0.39 is 0 Å². The van der Waals surface area contributed by atoms with Gasteiger partial charge in [-0.2, -0.15) is 0 Å². The first kappa shape index (κ1) is 64.6. The molecule has 482 valence electrons. The molecule has 12 aromatic carbocycles. The highest BCUT2D eigenvalue weighted by molar-refractivity contribution is 7.00. The van der Waals surface area contributed by atoms with Gasteiger partial charge < -0.3 is 9.80 Å². The number of nitrogens with zero attached hydrogens (tertiary/aromatic N) is 2. The standard InChI is InChI=1S/C94H93BN2/c1-60(2)67-42-45-76(77(50-67)61(3)4)71-53-86-88-87(54-71)97(90-80(65-38-28-20-29-39-65)58-75(94(14,15)16)59-81(90)66-40-30-21-31-41-66)85-52-69(70-48-72(91(5,6)7)55-73(49-70)92(8,9)10)44-47-83(85)95(88)82-46-43-68(62-32-22-17-23-33-62)51-84(82)96(86)89-78(63-34-24-18-25-35-63)56-74(93(11,12)13)57-79(89)64-36-26-19-27-37-64/h17-61H,1-16H3. The summed E-state index contributed by atoms with van der Waals surface area (Å²) in [5.74, 6) is 0.597. The Hall–Kier alpha value is -9.70. The minimum Gasteiger partial charge on any atom is -0.310 e. The first-order valence-electron chi connectivity index (χ1n) is 35.3. The lowest BCUT2D eigenvalue weighted by atomic mass is 9.33. The second-order valence-corrected chi connectivity index (χ2v) is 32.2. The molecule has 0 bridgehead atoms. The summed E-state index contributed by atoms with van der Waals surface area (Å²) in [5.41, 5.74) is 34.8. The van der Waals surface area contributed by atoms with Gasteiger partial charge in [0, 0.05) is 45.0 Å². The van der Waals surface area contributed by atoms with Crippen LogP contribution in [0.3, 0.4) is 0 Å². The summed E-state index contributed by atoms with van der Waals surface area (Å²) in [6.45, 7) is 37.5. The van der Waals surface area contributed by atoms with Crippen LogP contribution in [-0.4, -0.2) is 6.71 Å². The molecule has 0 amide bonds. The molecule has 2 aliphatic rings. The van der Waals surface area contributed by atoms with E-state index in [0.29, 0.717) is 5.92 Å². The number of anilines is 6. The zero-order valence-corrected chi connectivity index (χ0v) is 60.0. The van der Waals surface area contributed by atoms with Crippen molar-refractivity contribution in [2.24, 2.45) is 0 Å². The van der Waals surface area contributed by atoms with Crippen molar-refractivity contribution in [3.63, 3.8) is 0 Å². The van der Waals surface area contributed by atoms with Crippen LogP contribution in [0.25, 0.3) is 77.9 Å². The molecule has 0 radical (unpaired) electrons. The van der Waals surface area contributed by atoms with Gasteiger partial charge in [0.2, 0.25) is 0 Å². The Morgan fingerprint density at radius 1 is 0.258 bits per heavy atom. The lowest BCUT2D eigenvalue weighted by molar-refractivity contribution is 0.569. The van der Waals surface area contributed by atoms with E-state index in [9.17, 15) is 0 Å². The summed E-state index contributed by atoms with van der Waals surface area (Å²) in [6, 6.07) is 101. The molecule has 0 aliphatic carbocycles. The lowest BCUT2D eigenvalue weighted by Crippen LogP contribution is -2.61. The van der Waals surface area contributed by atoms with Gasteiger partial charge in [-0.25, -0.2) is 0 Å². The molecule has 0 aromatic heterocycles. The van der Waals surface area contributed by atoms with E-state index in [1.807, 2.05) is 0 Å². The van der Waals surface area contributed by atoms with Gasteiger partial charge in [-0.15, -0.1) is 0 Å². The van der Waals surface area contributed by atoms with E-state index in [-0.39, 0.29) is 34.3 Å². The smallest absolute Gasteiger partial charge is 0.252 e. The van der Waals surface area contributed by atoms with Crippen LogP contribution in [-0.2, 0) is 21.7 Å². The summed E-state index contributed by atoms with van der Waals surface area (Å²) < 4.78 is 0. The summed E-state index contributed by atoms with van der Waals surface area (Å²) in [4.78, 5) is 5.49. The molecule has 2 heterocycles. The Morgan fingerprint density at radius 2 is 0.588 bits per heavy atom. The van der Waals surface area contributed by atoms with Crippen LogP contribution in [0.2, 0.25) is 0 Å². The van der Waals surface area contributed by atoms with Crippen molar-refractivity contribution in [3.8, 4) is 77.9 Å². The molecule has 12 aromatic rings. The maximum Gasteiger partial charge on any atom is 0.252 e. The van der Waals surface area contributed by atoms with E-state index in [1.54, 1.807) is 0 Å². The van der Waals surface area contributed by atoms with Crippen LogP contribution >= 0.6 is 0 Å². The molecule has 14 rings (SSSR count). The van der Waals surface area contributed by atoms with Crippen LogP contribution in [0, 0.1) is 0 Å². The Morgan fingerprint density at radius 3 is 0.928 bits per heavy atom. The zero-order chi connectivity index (χ0) is 68.0. The topological polar surface area (TPSA) is 6.48 Å². The molecule has 97 heavy (non-hydrogen) atoms. The lowest BCUT2D eigenvalue weighted by Gasteiger charge is -2.46. The molecule has 3 heteroatoms. The number of hydrogen-bond donors (Lipinski definition) is 0. The van der Waals surface area contributed by atoms with Crippen molar-refractivity contribution in [2.45, 2.75) is 144 Å². The third-order valence-electron chi connectivity index (χ3n) is 20.6. The maximum absolute atomic E-state index is 2.75. The monoisotopic (exact) mass is 1260 g/mol. The first-order chi connectivity index (χ1) is 46.3. The molecular weight excluding hydrogens is 1170 g/mol. The Labute approximate surface area is 579 Å². The van der Waals surface area contributed by atoms with E-state index in [0.717, 1.165) is 22.7 Å². The fourth-order valence-electron chi connectivity index (χ4n) is 14.9. The Bertz CT molecular complexity index is 4780. The molecule has 0 atom stereocenters. The predicted octanol–water partition coefficient (Wildman–Crippen LogP) is 24.9. The third kappa shape index (κ3) is 12.1. The highest BCUT2D eigenvalue weighted by Gasteiger charge is 2.46. The molecular formula is C94H93BN2. The van der Waals surface area contributed by atoms with Gasteiger partial charge in [0.15, 0.2) is 0 Å². The molecule has 0 spiro atoms. The quantitative estimate of drug-likeness (QED) is 0.119. The highest BCUT2D eigenvalue weighted by Crippen LogP contribution is 2.56. The van der Waals surface area contributed by atoms with Gasteiger partial charge in [0.25, 0.3) is 6.71 Å². The molecule has 2 aliphatic heterocycles. The van der Waals surface area contributed by atoms with Crippen molar-refractivity contribution in [3.05, 3.63) is 294 Å². The van der Waals surface area contributed by atoms with E-state index in [1.165, 1.54) is 139 Å². The maximum atomic E-state index is 2.75. The second-order valence-electron chi connectivity index (χ2n) is 32.2. The van der Waals surface area contributed by atoms with Gasteiger partial charge in [-0.1, -0.05) is 323 Å². The summed E-state index contributed by atoms with van der Waals surface area (Å²) in [5, 5.41) is 0. The van der Waals surface area contributed by atoms with Crippen LogP contribution in [0.4, 0.5) is 34.1 Å². The van der Waals surface area contributed by atoms with Crippen molar-refractivity contribution in [1.29, 1.82) is 0 Å².